The van der Waals surface area contributed by atoms with E-state index in [4.69, 9.17) is 24.0 Å². The molecule has 0 aliphatic heterocycles. The number of aromatic nitrogens is 1. The van der Waals surface area contributed by atoms with Crippen molar-refractivity contribution in [3.05, 3.63) is 57.3 Å². The summed E-state index contributed by atoms with van der Waals surface area (Å²) in [4.78, 5) is 11.8. The molecule has 0 fully saturated rings. The predicted molar refractivity (Wildman–Crippen MR) is 105 cm³/mol. The minimum absolute atomic E-state index is 0.0680. The van der Waals surface area contributed by atoms with E-state index in [2.05, 4.69) is 5.16 Å². The van der Waals surface area contributed by atoms with Crippen LogP contribution in [0.4, 0.5) is 4.39 Å². The molecule has 3 rings (SSSR count). The molecule has 3 aromatic rings. The van der Waals surface area contributed by atoms with Gasteiger partial charge in [0.2, 0.25) is 0 Å². The Balaban J connectivity index is 2.06. The van der Waals surface area contributed by atoms with E-state index in [1.54, 1.807) is 45.6 Å². The topological polar surface area (TPSA) is 62.2 Å². The fourth-order valence-electron chi connectivity index (χ4n) is 2.66. The minimum atomic E-state index is -0.281. The molecule has 0 aliphatic rings. The van der Waals surface area contributed by atoms with Gasteiger partial charge in [-0.15, -0.1) is 0 Å². The summed E-state index contributed by atoms with van der Waals surface area (Å²) in [5.41, 5.74) is 2.94. The third kappa shape index (κ3) is 4.03. The van der Waals surface area contributed by atoms with Crippen molar-refractivity contribution in [1.29, 1.82) is 0 Å². The maximum atomic E-state index is 13.2. The molecule has 0 unspecified atom stereocenters. The van der Waals surface area contributed by atoms with Gasteiger partial charge in [-0.2, -0.15) is 0 Å². The number of halogens is 1. The number of benzene rings is 2. The van der Waals surface area contributed by atoms with Crippen LogP contribution in [0.25, 0.3) is 11.3 Å². The van der Waals surface area contributed by atoms with E-state index in [1.165, 1.54) is 19.2 Å². The molecule has 0 aliphatic carbocycles. The van der Waals surface area contributed by atoms with E-state index in [0.29, 0.717) is 23.0 Å². The quantitative estimate of drug-likeness (QED) is 0.315. The van der Waals surface area contributed by atoms with E-state index < -0.39 is 0 Å². The molecule has 1 aromatic heterocycles. The molecule has 0 N–H and O–H groups in total. The number of methoxy groups -OCH3 is 3. The first-order valence-electron chi connectivity index (χ1n) is 8.24. The van der Waals surface area contributed by atoms with Crippen molar-refractivity contribution in [3.8, 4) is 28.5 Å². The van der Waals surface area contributed by atoms with Crippen LogP contribution in [0, 0.1) is 5.82 Å². The fraction of sp³-hybridized carbons (Fsp3) is 0.200. The van der Waals surface area contributed by atoms with E-state index >= 15 is 0 Å². The first-order chi connectivity index (χ1) is 13.6. The van der Waals surface area contributed by atoms with Gasteiger partial charge in [-0.1, -0.05) is 0 Å². The van der Waals surface area contributed by atoms with Crippen molar-refractivity contribution >= 4 is 20.2 Å². The molecule has 0 saturated heterocycles. The van der Waals surface area contributed by atoms with Crippen molar-refractivity contribution < 1.29 is 23.4 Å². The van der Waals surface area contributed by atoms with Crippen LogP contribution >= 0.6 is 0 Å². The number of nitrogens with zero attached hydrogens (tertiary/aromatic N) is 2. The zero-order valence-corrected chi connectivity index (χ0v) is 17.6. The standard InChI is InChI=1S/C20H19FN2O4Se/c1-24-16-9-13(10-17(25-2)19(16)26-3)18(23-27-4)20-22-15(11-28-20)12-5-7-14(21)8-6-12/h5-11H,1-4H3/b23-18-. The summed E-state index contributed by atoms with van der Waals surface area (Å²) in [6.45, 7) is 0. The Bertz CT molecular complexity index is 961. The molecule has 6 nitrogen and oxygen atoms in total. The van der Waals surface area contributed by atoms with Crippen molar-refractivity contribution in [2.75, 3.05) is 28.4 Å². The van der Waals surface area contributed by atoms with Gasteiger partial charge in [-0.25, -0.2) is 0 Å². The van der Waals surface area contributed by atoms with E-state index in [0.717, 1.165) is 21.4 Å². The molecule has 2 aromatic carbocycles. The van der Waals surface area contributed by atoms with Crippen LogP contribution in [-0.2, 0) is 4.84 Å². The van der Waals surface area contributed by atoms with Crippen LogP contribution in [0.2, 0.25) is 0 Å². The van der Waals surface area contributed by atoms with Crippen LogP contribution in [-0.4, -0.2) is 53.6 Å². The van der Waals surface area contributed by atoms with Gasteiger partial charge in [0, 0.05) is 0 Å². The third-order valence-electron chi connectivity index (χ3n) is 3.97. The Kier molecular flexibility index (Phi) is 6.34. The third-order valence-corrected chi connectivity index (χ3v) is 5.75. The monoisotopic (exact) mass is 450 g/mol. The normalized spacial score (nSPS) is 11.2. The first kappa shape index (κ1) is 19.9. The van der Waals surface area contributed by atoms with Gasteiger partial charge >= 0.3 is 168 Å². The van der Waals surface area contributed by atoms with Crippen LogP contribution in [0.15, 0.2) is 46.5 Å². The van der Waals surface area contributed by atoms with Crippen molar-refractivity contribution in [2.45, 2.75) is 0 Å². The zero-order chi connectivity index (χ0) is 20.1. The van der Waals surface area contributed by atoms with E-state index in [-0.39, 0.29) is 20.3 Å². The average Bonchev–Trinajstić information content (AvgIpc) is 3.21. The van der Waals surface area contributed by atoms with Crippen molar-refractivity contribution in [1.82, 2.24) is 4.98 Å². The van der Waals surface area contributed by atoms with Gasteiger partial charge in [0.25, 0.3) is 0 Å². The molecule has 0 spiro atoms. The zero-order valence-electron chi connectivity index (χ0n) is 15.9. The molecule has 146 valence electrons. The summed E-state index contributed by atoms with van der Waals surface area (Å²) in [5.74, 6) is 1.24. The van der Waals surface area contributed by atoms with Crippen molar-refractivity contribution in [3.63, 3.8) is 0 Å². The molecular formula is C20H19FN2O4Se. The Morgan fingerprint density at radius 3 is 2.14 bits per heavy atom. The second-order valence-corrected chi connectivity index (χ2v) is 7.38. The molecular weight excluding hydrogens is 430 g/mol. The van der Waals surface area contributed by atoms with Crippen LogP contribution in [0.1, 0.15) is 10.1 Å². The molecule has 0 atom stereocenters. The predicted octanol–water partition coefficient (Wildman–Crippen LogP) is 3.37. The first-order valence-corrected chi connectivity index (χ1v) is 10.1. The number of hydrogen-bond acceptors (Lipinski definition) is 6. The number of hydrogen-bond donors (Lipinski definition) is 0. The van der Waals surface area contributed by atoms with Gasteiger partial charge in [0.05, 0.1) is 0 Å². The Hall–Kier alpha value is -2.83. The second kappa shape index (κ2) is 8.91. The van der Waals surface area contributed by atoms with Gasteiger partial charge in [-0.3, -0.25) is 0 Å². The Labute approximate surface area is 168 Å². The summed E-state index contributed by atoms with van der Waals surface area (Å²) in [6.07, 6.45) is 0. The Morgan fingerprint density at radius 2 is 1.61 bits per heavy atom. The van der Waals surface area contributed by atoms with Gasteiger partial charge in [0.15, 0.2) is 0 Å². The second-order valence-electron chi connectivity index (χ2n) is 5.58. The van der Waals surface area contributed by atoms with Crippen molar-refractivity contribution in [2.24, 2.45) is 5.16 Å². The van der Waals surface area contributed by atoms with E-state index in [1.807, 2.05) is 4.94 Å². The molecule has 28 heavy (non-hydrogen) atoms. The number of rotatable bonds is 7. The number of ether oxygens (including phenoxy) is 3. The molecule has 0 bridgehead atoms. The summed E-state index contributed by atoms with van der Waals surface area (Å²) in [7, 11) is 6.14. The SMILES string of the molecule is CO/N=C(/c1cc(OC)c(OC)c(OC)c1)c1nc(-c2ccc(F)cc2)c[se]1. The van der Waals surface area contributed by atoms with Crippen LogP contribution < -0.4 is 14.2 Å². The van der Waals surface area contributed by atoms with Crippen LogP contribution in [0.3, 0.4) is 0 Å². The Morgan fingerprint density at radius 1 is 0.964 bits per heavy atom. The van der Waals surface area contributed by atoms with Gasteiger partial charge < -0.3 is 0 Å². The fourth-order valence-corrected chi connectivity index (χ4v) is 4.40. The van der Waals surface area contributed by atoms with Gasteiger partial charge in [-0.05, 0) is 0 Å². The van der Waals surface area contributed by atoms with Crippen LogP contribution in [0.5, 0.6) is 17.2 Å². The average molecular weight is 449 g/mol. The molecule has 0 radical (unpaired) electrons. The maximum absolute atomic E-state index is 13.2. The molecule has 1 heterocycles. The summed E-state index contributed by atoms with van der Waals surface area (Å²) in [6, 6.07) is 9.84. The summed E-state index contributed by atoms with van der Waals surface area (Å²) in [5, 5.41) is 4.18. The molecule has 0 amide bonds. The molecule has 8 heteroatoms. The summed E-state index contributed by atoms with van der Waals surface area (Å²) < 4.78 is 30.2. The van der Waals surface area contributed by atoms with Gasteiger partial charge in [0.1, 0.15) is 0 Å². The van der Waals surface area contributed by atoms with E-state index in [9.17, 15) is 4.39 Å². The summed E-state index contributed by atoms with van der Waals surface area (Å²) >= 11 is -0.0680. The number of oxime groups is 1. The molecule has 0 saturated carbocycles.